The highest BCUT2D eigenvalue weighted by Crippen LogP contribution is 2.05. The van der Waals surface area contributed by atoms with E-state index < -0.39 is 5.91 Å². The number of benzene rings is 1. The molecule has 5 nitrogen and oxygen atoms in total. The standard InChI is InChI=1S/C18H23N3O2/c19-18(23)17-12-15(9-11-21-17)8-10-20-13-16(22)7-6-14-4-2-1-3-5-14/h1-5,9,11-12,16,20,22H,6-8,10,13H2,(H2,19,23)/t16-/m1/s1. The summed E-state index contributed by atoms with van der Waals surface area (Å²) in [5.41, 5.74) is 7.73. The number of primary amides is 1. The lowest BCUT2D eigenvalue weighted by Gasteiger charge is -2.12. The number of carbonyl (C=O) groups excluding carboxylic acids is 1. The molecule has 23 heavy (non-hydrogen) atoms. The Morgan fingerprint density at radius 2 is 1.96 bits per heavy atom. The van der Waals surface area contributed by atoms with E-state index in [-0.39, 0.29) is 11.8 Å². The number of rotatable bonds is 9. The maximum absolute atomic E-state index is 11.1. The fraction of sp³-hybridized carbons (Fsp3) is 0.333. The van der Waals surface area contributed by atoms with Crippen LogP contribution in [0.1, 0.15) is 28.0 Å². The van der Waals surface area contributed by atoms with Crippen molar-refractivity contribution in [2.45, 2.75) is 25.4 Å². The minimum atomic E-state index is -0.517. The van der Waals surface area contributed by atoms with Gasteiger partial charge >= 0.3 is 0 Å². The van der Waals surface area contributed by atoms with Crippen LogP contribution in [-0.2, 0) is 12.8 Å². The van der Waals surface area contributed by atoms with Gasteiger partial charge in [0.25, 0.3) is 5.91 Å². The van der Waals surface area contributed by atoms with Gasteiger partial charge in [0.2, 0.25) is 0 Å². The lowest BCUT2D eigenvalue weighted by Crippen LogP contribution is -2.28. The molecule has 2 rings (SSSR count). The van der Waals surface area contributed by atoms with Crippen LogP contribution in [0, 0.1) is 0 Å². The molecule has 1 aromatic carbocycles. The van der Waals surface area contributed by atoms with E-state index in [0.29, 0.717) is 6.54 Å². The number of amides is 1. The molecule has 0 unspecified atom stereocenters. The molecule has 4 N–H and O–H groups in total. The number of aromatic nitrogens is 1. The van der Waals surface area contributed by atoms with E-state index in [4.69, 9.17) is 5.73 Å². The average molecular weight is 313 g/mol. The molecule has 1 heterocycles. The topological polar surface area (TPSA) is 88.2 Å². The van der Waals surface area contributed by atoms with Crippen LogP contribution in [0.5, 0.6) is 0 Å². The predicted molar refractivity (Wildman–Crippen MR) is 90.1 cm³/mol. The normalized spacial score (nSPS) is 12.0. The molecule has 1 aromatic heterocycles. The van der Waals surface area contributed by atoms with E-state index >= 15 is 0 Å². The molecular formula is C18H23N3O2. The second-order valence-corrected chi connectivity index (χ2v) is 5.55. The molecule has 2 aromatic rings. The van der Waals surface area contributed by atoms with Gasteiger partial charge in [-0.3, -0.25) is 9.78 Å². The highest BCUT2D eigenvalue weighted by molar-refractivity contribution is 5.90. The molecule has 0 radical (unpaired) electrons. The molecule has 1 atom stereocenters. The van der Waals surface area contributed by atoms with E-state index in [0.717, 1.165) is 31.4 Å². The summed E-state index contributed by atoms with van der Waals surface area (Å²) in [5.74, 6) is -0.517. The maximum Gasteiger partial charge on any atom is 0.267 e. The zero-order valence-corrected chi connectivity index (χ0v) is 13.1. The summed E-state index contributed by atoms with van der Waals surface area (Å²) in [7, 11) is 0. The Morgan fingerprint density at radius 1 is 1.17 bits per heavy atom. The second kappa shape index (κ2) is 9.02. The smallest absolute Gasteiger partial charge is 0.267 e. The predicted octanol–water partition coefficient (Wildman–Crippen LogP) is 1.31. The largest absolute Gasteiger partial charge is 0.392 e. The number of hydrogen-bond donors (Lipinski definition) is 3. The third-order valence-corrected chi connectivity index (χ3v) is 3.66. The van der Waals surface area contributed by atoms with Crippen LogP contribution in [0.3, 0.4) is 0 Å². The SMILES string of the molecule is NC(=O)c1cc(CCNC[C@H](O)CCc2ccccc2)ccn1. The van der Waals surface area contributed by atoms with Gasteiger partial charge in [-0.1, -0.05) is 30.3 Å². The van der Waals surface area contributed by atoms with Crippen LogP contribution in [0.2, 0.25) is 0 Å². The van der Waals surface area contributed by atoms with Crippen LogP contribution in [0.4, 0.5) is 0 Å². The Balaban J connectivity index is 1.65. The zero-order valence-electron chi connectivity index (χ0n) is 13.1. The summed E-state index contributed by atoms with van der Waals surface area (Å²) in [6.45, 7) is 1.28. The highest BCUT2D eigenvalue weighted by atomic mass is 16.3. The maximum atomic E-state index is 11.1. The van der Waals surface area contributed by atoms with Crippen molar-refractivity contribution in [3.8, 4) is 0 Å². The van der Waals surface area contributed by atoms with Crippen molar-refractivity contribution in [1.82, 2.24) is 10.3 Å². The summed E-state index contributed by atoms with van der Waals surface area (Å²) in [4.78, 5) is 15.0. The summed E-state index contributed by atoms with van der Waals surface area (Å²) < 4.78 is 0. The number of nitrogens with one attached hydrogen (secondary N) is 1. The number of pyridine rings is 1. The Hall–Kier alpha value is -2.24. The molecule has 0 spiro atoms. The van der Waals surface area contributed by atoms with E-state index in [1.807, 2.05) is 24.3 Å². The van der Waals surface area contributed by atoms with Crippen molar-refractivity contribution in [2.75, 3.05) is 13.1 Å². The number of nitrogens with two attached hydrogens (primary N) is 1. The quantitative estimate of drug-likeness (QED) is 0.609. The first kappa shape index (κ1) is 17.1. The molecule has 0 aliphatic rings. The lowest BCUT2D eigenvalue weighted by atomic mass is 10.1. The van der Waals surface area contributed by atoms with Gasteiger partial charge < -0.3 is 16.2 Å². The van der Waals surface area contributed by atoms with Gasteiger partial charge in [0, 0.05) is 12.7 Å². The van der Waals surface area contributed by atoms with Gasteiger partial charge in [-0.2, -0.15) is 0 Å². The van der Waals surface area contributed by atoms with E-state index in [9.17, 15) is 9.90 Å². The first-order valence-corrected chi connectivity index (χ1v) is 7.82. The van der Waals surface area contributed by atoms with Crippen molar-refractivity contribution in [2.24, 2.45) is 5.73 Å². The van der Waals surface area contributed by atoms with Crippen LogP contribution in [0.25, 0.3) is 0 Å². The molecular weight excluding hydrogens is 290 g/mol. The minimum Gasteiger partial charge on any atom is -0.392 e. The van der Waals surface area contributed by atoms with Gasteiger partial charge in [-0.25, -0.2) is 0 Å². The molecule has 0 aliphatic carbocycles. The molecule has 0 fully saturated rings. The number of hydrogen-bond acceptors (Lipinski definition) is 4. The number of carbonyl (C=O) groups is 1. The minimum absolute atomic E-state index is 0.283. The first-order valence-electron chi connectivity index (χ1n) is 7.82. The van der Waals surface area contributed by atoms with Gasteiger partial charge in [-0.05, 0) is 49.1 Å². The molecule has 0 aliphatic heterocycles. The van der Waals surface area contributed by atoms with Crippen molar-refractivity contribution in [3.63, 3.8) is 0 Å². The van der Waals surface area contributed by atoms with Crippen LogP contribution >= 0.6 is 0 Å². The Kier molecular flexibility index (Phi) is 6.72. The van der Waals surface area contributed by atoms with Crippen LogP contribution < -0.4 is 11.1 Å². The number of aliphatic hydroxyl groups excluding tert-OH is 1. The second-order valence-electron chi connectivity index (χ2n) is 5.55. The average Bonchev–Trinajstić information content (AvgIpc) is 2.58. The van der Waals surface area contributed by atoms with Gasteiger partial charge in [0.05, 0.1) is 6.10 Å². The Morgan fingerprint density at radius 3 is 2.70 bits per heavy atom. The lowest BCUT2D eigenvalue weighted by molar-refractivity contribution is 0.0995. The van der Waals surface area contributed by atoms with Gasteiger partial charge in [0.1, 0.15) is 5.69 Å². The Labute approximate surface area is 136 Å². The molecule has 1 amide bonds. The van der Waals surface area contributed by atoms with E-state index in [2.05, 4.69) is 22.4 Å². The fourth-order valence-electron chi connectivity index (χ4n) is 2.35. The summed E-state index contributed by atoms with van der Waals surface area (Å²) in [6.07, 6.45) is 3.58. The van der Waals surface area contributed by atoms with Crippen LogP contribution in [-0.4, -0.2) is 35.2 Å². The highest BCUT2D eigenvalue weighted by Gasteiger charge is 2.05. The van der Waals surface area contributed by atoms with Crippen molar-refractivity contribution in [3.05, 3.63) is 65.5 Å². The number of aryl methyl sites for hydroxylation is 1. The van der Waals surface area contributed by atoms with Gasteiger partial charge in [-0.15, -0.1) is 0 Å². The fourth-order valence-corrected chi connectivity index (χ4v) is 2.35. The summed E-state index contributed by atoms with van der Waals surface area (Å²) >= 11 is 0. The summed E-state index contributed by atoms with van der Waals surface area (Å²) in [5, 5.41) is 13.2. The monoisotopic (exact) mass is 313 g/mol. The van der Waals surface area contributed by atoms with Crippen molar-refractivity contribution < 1.29 is 9.90 Å². The zero-order chi connectivity index (χ0) is 16.5. The van der Waals surface area contributed by atoms with E-state index in [1.54, 1.807) is 12.3 Å². The van der Waals surface area contributed by atoms with Crippen molar-refractivity contribution >= 4 is 5.91 Å². The molecule has 0 saturated carbocycles. The third-order valence-electron chi connectivity index (χ3n) is 3.66. The number of nitrogens with zero attached hydrogens (tertiary/aromatic N) is 1. The summed E-state index contributed by atoms with van der Waals surface area (Å²) in [6, 6.07) is 13.7. The van der Waals surface area contributed by atoms with Crippen LogP contribution in [0.15, 0.2) is 48.7 Å². The molecule has 0 bridgehead atoms. The van der Waals surface area contributed by atoms with Gasteiger partial charge in [0.15, 0.2) is 0 Å². The van der Waals surface area contributed by atoms with Crippen molar-refractivity contribution in [1.29, 1.82) is 0 Å². The molecule has 5 heteroatoms. The third kappa shape index (κ3) is 6.18. The Bertz CT molecular complexity index is 617. The molecule has 122 valence electrons. The molecule has 0 saturated heterocycles. The first-order chi connectivity index (χ1) is 11.1. The van der Waals surface area contributed by atoms with E-state index in [1.165, 1.54) is 5.56 Å². The number of aliphatic hydroxyl groups is 1.